The predicted molar refractivity (Wildman–Crippen MR) is 101 cm³/mol. The Labute approximate surface area is 157 Å². The summed E-state index contributed by atoms with van der Waals surface area (Å²) in [5.74, 6) is -0.358. The molecule has 2 heterocycles. The molecular formula is C22H22FNO3. The number of hydrogen-bond donors (Lipinski definition) is 1. The van der Waals surface area contributed by atoms with E-state index >= 15 is 0 Å². The maximum atomic E-state index is 13.4. The number of carbonyl (C=O) groups excluding carboxylic acids is 1. The van der Waals surface area contributed by atoms with Crippen LogP contribution >= 0.6 is 0 Å². The summed E-state index contributed by atoms with van der Waals surface area (Å²) in [6.07, 6.45) is 2.42. The van der Waals surface area contributed by atoms with Gasteiger partial charge in [-0.2, -0.15) is 0 Å². The van der Waals surface area contributed by atoms with E-state index in [0.29, 0.717) is 24.1 Å². The highest BCUT2D eigenvalue weighted by Gasteiger charge is 2.37. The Morgan fingerprint density at radius 2 is 2.00 bits per heavy atom. The molecule has 1 aromatic heterocycles. The van der Waals surface area contributed by atoms with Crippen LogP contribution in [0.2, 0.25) is 0 Å². The summed E-state index contributed by atoms with van der Waals surface area (Å²) in [5, 5.41) is 10.7. The second-order valence-electron chi connectivity index (χ2n) is 7.44. The summed E-state index contributed by atoms with van der Waals surface area (Å²) in [7, 11) is 0. The first kappa shape index (κ1) is 17.7. The lowest BCUT2D eigenvalue weighted by atomic mass is 9.75. The van der Waals surface area contributed by atoms with Crippen LogP contribution in [0.1, 0.15) is 29.0 Å². The van der Waals surface area contributed by atoms with Crippen LogP contribution in [0.3, 0.4) is 0 Å². The van der Waals surface area contributed by atoms with E-state index in [0.717, 1.165) is 24.8 Å². The van der Waals surface area contributed by atoms with E-state index < -0.39 is 0 Å². The average molecular weight is 367 g/mol. The molecule has 4 rings (SSSR count). The number of hydrogen-bond acceptors (Lipinski definition) is 3. The smallest absolute Gasteiger partial charge is 0.289 e. The number of piperidine rings is 1. The van der Waals surface area contributed by atoms with E-state index in [1.54, 1.807) is 11.0 Å². The first-order valence-corrected chi connectivity index (χ1v) is 9.22. The van der Waals surface area contributed by atoms with Gasteiger partial charge in [-0.15, -0.1) is 0 Å². The molecule has 1 saturated heterocycles. The van der Waals surface area contributed by atoms with E-state index in [4.69, 9.17) is 4.42 Å². The van der Waals surface area contributed by atoms with Gasteiger partial charge in [0.05, 0.1) is 6.61 Å². The third kappa shape index (κ3) is 3.60. The van der Waals surface area contributed by atoms with Crippen molar-refractivity contribution in [1.82, 2.24) is 4.90 Å². The zero-order chi connectivity index (χ0) is 18.9. The van der Waals surface area contributed by atoms with Gasteiger partial charge in [0.1, 0.15) is 11.4 Å². The van der Waals surface area contributed by atoms with Gasteiger partial charge in [0.2, 0.25) is 0 Å². The van der Waals surface area contributed by atoms with Gasteiger partial charge >= 0.3 is 0 Å². The summed E-state index contributed by atoms with van der Waals surface area (Å²) in [6, 6.07) is 15.8. The molecule has 1 aliphatic rings. The Hall–Kier alpha value is -2.66. The third-order valence-corrected chi connectivity index (χ3v) is 5.40. The van der Waals surface area contributed by atoms with Gasteiger partial charge in [0.15, 0.2) is 5.76 Å². The number of halogens is 1. The van der Waals surface area contributed by atoms with Crippen molar-refractivity contribution < 1.29 is 18.7 Å². The number of amides is 1. The van der Waals surface area contributed by atoms with Gasteiger partial charge in [0.25, 0.3) is 5.91 Å². The van der Waals surface area contributed by atoms with Gasteiger partial charge in [-0.1, -0.05) is 30.3 Å². The summed E-state index contributed by atoms with van der Waals surface area (Å²) >= 11 is 0. The van der Waals surface area contributed by atoms with Crippen molar-refractivity contribution in [3.63, 3.8) is 0 Å². The first-order valence-electron chi connectivity index (χ1n) is 9.22. The molecule has 1 atom stereocenters. The molecule has 0 bridgehead atoms. The number of fused-ring (bicyclic) bond motifs is 1. The topological polar surface area (TPSA) is 53.7 Å². The van der Waals surface area contributed by atoms with Crippen LogP contribution in [0.15, 0.2) is 59.0 Å². The van der Waals surface area contributed by atoms with E-state index in [1.807, 2.05) is 30.3 Å². The van der Waals surface area contributed by atoms with Gasteiger partial charge in [-0.25, -0.2) is 4.39 Å². The molecule has 1 unspecified atom stereocenters. The molecule has 1 aliphatic heterocycles. The van der Waals surface area contributed by atoms with Crippen molar-refractivity contribution in [2.45, 2.75) is 19.3 Å². The number of likely N-dealkylation sites (tertiary alicyclic amines) is 1. The SMILES string of the molecule is O=C(c1cc2cc(F)ccc2o1)N1CCCC(CO)(Cc2ccccc2)C1. The fourth-order valence-corrected chi connectivity index (χ4v) is 4.01. The summed E-state index contributed by atoms with van der Waals surface area (Å²) in [5.41, 5.74) is 1.29. The van der Waals surface area contributed by atoms with Gasteiger partial charge in [-0.05, 0) is 49.1 Å². The number of rotatable bonds is 4. The van der Waals surface area contributed by atoms with Crippen molar-refractivity contribution in [3.8, 4) is 0 Å². The van der Waals surface area contributed by atoms with E-state index in [2.05, 4.69) is 0 Å². The highest BCUT2D eigenvalue weighted by Crippen LogP contribution is 2.34. The van der Waals surface area contributed by atoms with Crippen LogP contribution < -0.4 is 0 Å². The van der Waals surface area contributed by atoms with E-state index in [1.165, 1.54) is 18.2 Å². The van der Waals surface area contributed by atoms with E-state index in [-0.39, 0.29) is 29.5 Å². The molecule has 2 aromatic carbocycles. The quantitative estimate of drug-likeness (QED) is 0.757. The van der Waals surface area contributed by atoms with E-state index in [9.17, 15) is 14.3 Å². The molecule has 27 heavy (non-hydrogen) atoms. The van der Waals surface area contributed by atoms with Crippen LogP contribution in [-0.2, 0) is 6.42 Å². The minimum Gasteiger partial charge on any atom is -0.451 e. The lowest BCUT2D eigenvalue weighted by Gasteiger charge is -2.41. The Bertz CT molecular complexity index is 953. The molecule has 0 spiro atoms. The minimum atomic E-state index is -0.359. The molecule has 4 nitrogen and oxygen atoms in total. The Kier molecular flexibility index (Phi) is 4.70. The maximum Gasteiger partial charge on any atom is 0.289 e. The van der Waals surface area contributed by atoms with Gasteiger partial charge < -0.3 is 14.4 Å². The fraction of sp³-hybridized carbons (Fsp3) is 0.318. The molecule has 0 aliphatic carbocycles. The Balaban J connectivity index is 1.56. The molecule has 3 aromatic rings. The zero-order valence-electron chi connectivity index (χ0n) is 15.0. The zero-order valence-corrected chi connectivity index (χ0v) is 15.0. The molecule has 1 amide bonds. The standard InChI is InChI=1S/C22H22FNO3/c23-18-7-8-19-17(11-18)12-20(27-19)21(26)24-10-4-9-22(14-24,15-25)13-16-5-2-1-3-6-16/h1-3,5-8,11-12,25H,4,9-10,13-15H2. The van der Waals surface area contributed by atoms with Crippen LogP contribution in [0.4, 0.5) is 4.39 Å². The number of furan rings is 1. The van der Waals surface area contributed by atoms with Crippen LogP contribution in [0, 0.1) is 11.2 Å². The summed E-state index contributed by atoms with van der Waals surface area (Å²) < 4.78 is 19.0. The highest BCUT2D eigenvalue weighted by molar-refractivity contribution is 5.96. The number of aliphatic hydroxyl groups excluding tert-OH is 1. The lowest BCUT2D eigenvalue weighted by Crippen LogP contribution is -2.48. The number of carbonyl (C=O) groups is 1. The average Bonchev–Trinajstić information content (AvgIpc) is 3.11. The maximum absolute atomic E-state index is 13.4. The third-order valence-electron chi connectivity index (χ3n) is 5.40. The number of nitrogens with zero attached hydrogens (tertiary/aromatic N) is 1. The first-order chi connectivity index (χ1) is 13.1. The summed E-state index contributed by atoms with van der Waals surface area (Å²) in [4.78, 5) is 14.7. The summed E-state index contributed by atoms with van der Waals surface area (Å²) in [6.45, 7) is 1.13. The largest absolute Gasteiger partial charge is 0.451 e. The molecule has 1 fully saturated rings. The van der Waals surface area contributed by atoms with Crippen molar-refractivity contribution in [2.75, 3.05) is 19.7 Å². The Morgan fingerprint density at radius 3 is 2.78 bits per heavy atom. The molecule has 1 N–H and O–H groups in total. The van der Waals surface area contributed by atoms with Crippen LogP contribution in [-0.4, -0.2) is 35.6 Å². The van der Waals surface area contributed by atoms with Crippen molar-refractivity contribution >= 4 is 16.9 Å². The number of aliphatic hydroxyl groups is 1. The second kappa shape index (κ2) is 7.16. The predicted octanol–water partition coefficient (Wildman–Crippen LogP) is 4.03. The van der Waals surface area contributed by atoms with Crippen LogP contribution in [0.25, 0.3) is 11.0 Å². The fourth-order valence-electron chi connectivity index (χ4n) is 4.01. The van der Waals surface area contributed by atoms with Gasteiger partial charge in [0, 0.05) is 23.9 Å². The van der Waals surface area contributed by atoms with Gasteiger partial charge in [-0.3, -0.25) is 4.79 Å². The molecule has 5 heteroatoms. The minimum absolute atomic E-state index is 0.0248. The van der Waals surface area contributed by atoms with Crippen molar-refractivity contribution in [2.24, 2.45) is 5.41 Å². The monoisotopic (exact) mass is 367 g/mol. The second-order valence-corrected chi connectivity index (χ2v) is 7.44. The molecule has 0 radical (unpaired) electrons. The molecule has 140 valence electrons. The molecule has 0 saturated carbocycles. The normalized spacial score (nSPS) is 20.1. The highest BCUT2D eigenvalue weighted by atomic mass is 19.1. The van der Waals surface area contributed by atoms with Crippen molar-refractivity contribution in [1.29, 1.82) is 0 Å². The molecular weight excluding hydrogens is 345 g/mol. The number of benzene rings is 2. The lowest BCUT2D eigenvalue weighted by molar-refractivity contribution is 0.0254. The Morgan fingerprint density at radius 1 is 1.19 bits per heavy atom. The van der Waals surface area contributed by atoms with Crippen LogP contribution in [0.5, 0.6) is 0 Å². The van der Waals surface area contributed by atoms with Crippen molar-refractivity contribution in [3.05, 3.63) is 71.7 Å².